The Bertz CT molecular complexity index is 542. The largest absolute Gasteiger partial charge is 0.399 e. The van der Waals surface area contributed by atoms with Gasteiger partial charge in [0.2, 0.25) is 10.0 Å². The molecular formula is C14H23BrN2O2S. The molecule has 0 atom stereocenters. The molecule has 0 radical (unpaired) electrons. The van der Waals surface area contributed by atoms with Gasteiger partial charge in [-0.2, -0.15) is 4.31 Å². The summed E-state index contributed by atoms with van der Waals surface area (Å²) in [6.45, 7) is 7.05. The van der Waals surface area contributed by atoms with Crippen molar-refractivity contribution in [1.82, 2.24) is 4.31 Å². The van der Waals surface area contributed by atoms with Gasteiger partial charge in [-0.05, 0) is 40.0 Å². The van der Waals surface area contributed by atoms with E-state index in [-0.39, 0.29) is 4.90 Å². The zero-order valence-electron chi connectivity index (χ0n) is 12.3. The molecule has 0 saturated heterocycles. The molecule has 1 rings (SSSR count). The fourth-order valence-corrected chi connectivity index (χ4v) is 4.57. The van der Waals surface area contributed by atoms with Gasteiger partial charge in [-0.15, -0.1) is 0 Å². The number of sulfonamides is 1. The molecule has 0 amide bonds. The van der Waals surface area contributed by atoms with Crippen molar-refractivity contribution >= 4 is 31.6 Å². The molecule has 2 N–H and O–H groups in total. The molecule has 0 saturated carbocycles. The highest BCUT2D eigenvalue weighted by atomic mass is 79.9. The van der Waals surface area contributed by atoms with Crippen LogP contribution in [0.5, 0.6) is 0 Å². The maximum atomic E-state index is 12.7. The maximum absolute atomic E-state index is 12.7. The van der Waals surface area contributed by atoms with Crippen LogP contribution < -0.4 is 5.73 Å². The first kappa shape index (κ1) is 17.5. The molecule has 6 heteroatoms. The average Bonchev–Trinajstić information content (AvgIpc) is 2.42. The molecule has 0 aliphatic carbocycles. The number of nitrogens with zero attached hydrogens (tertiary/aromatic N) is 1. The Morgan fingerprint density at radius 2 is 1.85 bits per heavy atom. The summed E-state index contributed by atoms with van der Waals surface area (Å²) in [5.41, 5.74) is 6.16. The molecule has 20 heavy (non-hydrogen) atoms. The Kier molecular flexibility index (Phi) is 6.48. The smallest absolute Gasteiger partial charge is 0.244 e. The summed E-state index contributed by atoms with van der Waals surface area (Å²) in [5, 5.41) is 0. The lowest BCUT2D eigenvalue weighted by Crippen LogP contribution is -2.35. The molecule has 0 aromatic heterocycles. The number of nitrogen functional groups attached to an aromatic ring is 1. The van der Waals surface area contributed by atoms with Crippen LogP contribution in [0.15, 0.2) is 27.6 Å². The van der Waals surface area contributed by atoms with Gasteiger partial charge in [0.1, 0.15) is 0 Å². The number of hydrogen-bond donors (Lipinski definition) is 1. The number of hydrogen-bond acceptors (Lipinski definition) is 3. The van der Waals surface area contributed by atoms with Crippen LogP contribution in [0, 0.1) is 5.92 Å². The van der Waals surface area contributed by atoms with Crippen LogP contribution in [0.25, 0.3) is 0 Å². The van der Waals surface area contributed by atoms with Crippen molar-refractivity contribution in [2.45, 2.75) is 38.5 Å². The van der Waals surface area contributed by atoms with Crippen molar-refractivity contribution in [2.75, 3.05) is 18.8 Å². The first-order chi connectivity index (χ1) is 9.36. The summed E-state index contributed by atoms with van der Waals surface area (Å²) in [4.78, 5) is 0.241. The van der Waals surface area contributed by atoms with Gasteiger partial charge in [0, 0.05) is 23.2 Å². The van der Waals surface area contributed by atoms with E-state index in [9.17, 15) is 8.42 Å². The number of anilines is 1. The lowest BCUT2D eigenvalue weighted by atomic mass is 10.0. The average molecular weight is 363 g/mol. The molecule has 0 unspecified atom stereocenters. The van der Waals surface area contributed by atoms with E-state index >= 15 is 0 Å². The zero-order valence-corrected chi connectivity index (χ0v) is 14.7. The fraction of sp³-hybridized carbons (Fsp3) is 0.571. The molecule has 1 aromatic carbocycles. The lowest BCUT2D eigenvalue weighted by molar-refractivity contribution is 0.339. The van der Waals surface area contributed by atoms with Crippen molar-refractivity contribution in [2.24, 2.45) is 5.92 Å². The van der Waals surface area contributed by atoms with E-state index in [0.29, 0.717) is 29.2 Å². The lowest BCUT2D eigenvalue weighted by Gasteiger charge is -2.25. The Balaban J connectivity index is 3.15. The van der Waals surface area contributed by atoms with E-state index in [4.69, 9.17) is 5.73 Å². The topological polar surface area (TPSA) is 63.4 Å². The first-order valence-corrected chi connectivity index (χ1v) is 9.15. The van der Waals surface area contributed by atoms with Gasteiger partial charge < -0.3 is 5.73 Å². The van der Waals surface area contributed by atoms with Gasteiger partial charge in [0.05, 0.1) is 4.90 Å². The summed E-state index contributed by atoms with van der Waals surface area (Å²) < 4.78 is 27.6. The van der Waals surface area contributed by atoms with Crippen molar-refractivity contribution < 1.29 is 8.42 Å². The second-order valence-corrected chi connectivity index (χ2v) is 7.59. The van der Waals surface area contributed by atoms with Crippen LogP contribution in [-0.4, -0.2) is 25.8 Å². The van der Waals surface area contributed by atoms with E-state index in [2.05, 4.69) is 29.8 Å². The molecule has 4 nitrogen and oxygen atoms in total. The first-order valence-electron chi connectivity index (χ1n) is 6.91. The third-order valence-corrected chi connectivity index (χ3v) is 6.48. The summed E-state index contributed by atoms with van der Waals surface area (Å²) in [6, 6.07) is 4.86. The third-order valence-electron chi connectivity index (χ3n) is 3.54. The van der Waals surface area contributed by atoms with E-state index in [1.807, 2.05) is 6.92 Å². The van der Waals surface area contributed by atoms with Gasteiger partial charge in [-0.1, -0.05) is 33.6 Å². The monoisotopic (exact) mass is 362 g/mol. The second-order valence-electron chi connectivity index (χ2n) is 4.83. The predicted molar refractivity (Wildman–Crippen MR) is 87.1 cm³/mol. The van der Waals surface area contributed by atoms with E-state index in [0.717, 1.165) is 12.8 Å². The van der Waals surface area contributed by atoms with Gasteiger partial charge in [0.15, 0.2) is 0 Å². The molecule has 0 heterocycles. The number of rotatable bonds is 7. The molecule has 0 bridgehead atoms. The van der Waals surface area contributed by atoms with Crippen molar-refractivity contribution in [3.8, 4) is 0 Å². The van der Waals surface area contributed by atoms with Crippen LogP contribution in [0.3, 0.4) is 0 Å². The number of nitrogens with two attached hydrogens (primary N) is 1. The molecule has 0 aliphatic heterocycles. The standard InChI is InChI=1S/C14H23BrN2O2S/c1-4-11(5-2)10-17(6-3)20(18,19)14-9-12(16)7-8-13(14)15/h7-9,11H,4-6,10,16H2,1-3H3. The number of halogens is 1. The summed E-state index contributed by atoms with van der Waals surface area (Å²) in [7, 11) is -3.51. The Labute approximate surface area is 130 Å². The second kappa shape index (κ2) is 7.43. The van der Waals surface area contributed by atoms with Crippen molar-refractivity contribution in [3.05, 3.63) is 22.7 Å². The molecule has 0 fully saturated rings. The summed E-state index contributed by atoms with van der Waals surface area (Å²) in [5.74, 6) is 0.379. The fourth-order valence-electron chi connectivity index (χ4n) is 2.09. The van der Waals surface area contributed by atoms with Crippen LogP contribution in [0.4, 0.5) is 5.69 Å². The molecule has 114 valence electrons. The Hall–Kier alpha value is -0.590. The highest BCUT2D eigenvalue weighted by Crippen LogP contribution is 2.28. The summed E-state index contributed by atoms with van der Waals surface area (Å²) >= 11 is 3.30. The van der Waals surface area contributed by atoms with E-state index in [1.54, 1.807) is 12.1 Å². The van der Waals surface area contributed by atoms with Crippen molar-refractivity contribution in [1.29, 1.82) is 0 Å². The molecule has 0 spiro atoms. The van der Waals surface area contributed by atoms with Gasteiger partial charge >= 0.3 is 0 Å². The van der Waals surface area contributed by atoms with Crippen LogP contribution in [0.2, 0.25) is 0 Å². The normalized spacial score (nSPS) is 12.3. The quantitative estimate of drug-likeness (QED) is 0.755. The minimum atomic E-state index is -3.51. The van der Waals surface area contributed by atoms with Crippen molar-refractivity contribution in [3.63, 3.8) is 0 Å². The van der Waals surface area contributed by atoms with E-state index in [1.165, 1.54) is 10.4 Å². The van der Waals surface area contributed by atoms with Gasteiger partial charge in [-0.3, -0.25) is 0 Å². The zero-order chi connectivity index (χ0) is 15.3. The third kappa shape index (κ3) is 3.96. The minimum absolute atomic E-state index is 0.241. The van der Waals surface area contributed by atoms with Crippen LogP contribution in [-0.2, 0) is 10.0 Å². The van der Waals surface area contributed by atoms with Gasteiger partial charge in [-0.25, -0.2) is 8.42 Å². The highest BCUT2D eigenvalue weighted by molar-refractivity contribution is 9.10. The molecular weight excluding hydrogens is 340 g/mol. The predicted octanol–water partition coefficient (Wildman–Crippen LogP) is 3.48. The Morgan fingerprint density at radius 1 is 1.25 bits per heavy atom. The van der Waals surface area contributed by atoms with E-state index < -0.39 is 10.0 Å². The van der Waals surface area contributed by atoms with Crippen LogP contribution in [0.1, 0.15) is 33.6 Å². The number of benzene rings is 1. The van der Waals surface area contributed by atoms with Crippen LogP contribution >= 0.6 is 15.9 Å². The van der Waals surface area contributed by atoms with Gasteiger partial charge in [0.25, 0.3) is 0 Å². The molecule has 0 aliphatic rings. The molecule has 1 aromatic rings. The minimum Gasteiger partial charge on any atom is -0.399 e. The highest BCUT2D eigenvalue weighted by Gasteiger charge is 2.27. The maximum Gasteiger partial charge on any atom is 0.244 e. The summed E-state index contributed by atoms with van der Waals surface area (Å²) in [6.07, 6.45) is 1.95. The SMILES string of the molecule is CCC(CC)CN(CC)S(=O)(=O)c1cc(N)ccc1Br. The Morgan fingerprint density at radius 3 is 2.35 bits per heavy atom.